The molecule has 6 heteroatoms. The average Bonchev–Trinajstić information content (AvgIpc) is 3.03. The zero-order valence-electron chi connectivity index (χ0n) is 15.1. The Hall–Kier alpha value is -2.73. The molecule has 0 aliphatic rings. The molecule has 0 fully saturated rings. The predicted octanol–water partition coefficient (Wildman–Crippen LogP) is 4.51. The molecule has 2 amide bonds. The van der Waals surface area contributed by atoms with E-state index in [1.165, 1.54) is 16.0 Å². The van der Waals surface area contributed by atoms with E-state index in [2.05, 4.69) is 47.8 Å². The Balaban J connectivity index is 1.54. The van der Waals surface area contributed by atoms with Crippen molar-refractivity contribution in [2.45, 2.75) is 30.2 Å². The Labute approximate surface area is 157 Å². The van der Waals surface area contributed by atoms with Gasteiger partial charge in [0, 0.05) is 28.7 Å². The number of urea groups is 1. The van der Waals surface area contributed by atoms with Crippen LogP contribution in [0.4, 0.5) is 10.5 Å². The zero-order valence-corrected chi connectivity index (χ0v) is 15.9. The molecule has 26 heavy (non-hydrogen) atoms. The highest BCUT2D eigenvalue weighted by Crippen LogP contribution is 2.29. The van der Waals surface area contributed by atoms with Gasteiger partial charge in [-0.3, -0.25) is 4.68 Å². The standard InChI is InChI=1S/C20H22N4OS/c1-14-4-7-19(12-15(14)2)26-18-8-5-16(6-9-18)23-20(25)21-13-17-10-11-22-24(17)3/h4-12H,13H2,1-3H3,(H2,21,23,25). The van der Waals surface area contributed by atoms with Crippen molar-refractivity contribution in [1.29, 1.82) is 0 Å². The number of carbonyl (C=O) groups is 1. The molecule has 134 valence electrons. The minimum absolute atomic E-state index is 0.235. The summed E-state index contributed by atoms with van der Waals surface area (Å²) in [5.41, 5.74) is 4.29. The summed E-state index contributed by atoms with van der Waals surface area (Å²) in [5, 5.41) is 9.74. The predicted molar refractivity (Wildman–Crippen MR) is 106 cm³/mol. The van der Waals surface area contributed by atoms with Crippen LogP contribution in [-0.2, 0) is 13.6 Å². The molecule has 2 aromatic carbocycles. The van der Waals surface area contributed by atoms with E-state index in [-0.39, 0.29) is 6.03 Å². The number of hydrogen-bond donors (Lipinski definition) is 2. The van der Waals surface area contributed by atoms with Gasteiger partial charge in [-0.05, 0) is 67.4 Å². The number of hydrogen-bond acceptors (Lipinski definition) is 3. The first-order chi connectivity index (χ1) is 12.5. The van der Waals surface area contributed by atoms with Gasteiger partial charge in [-0.2, -0.15) is 5.10 Å². The van der Waals surface area contributed by atoms with Crippen LogP contribution in [-0.4, -0.2) is 15.8 Å². The lowest BCUT2D eigenvalue weighted by Crippen LogP contribution is -2.28. The first-order valence-electron chi connectivity index (χ1n) is 8.38. The molecule has 0 radical (unpaired) electrons. The van der Waals surface area contributed by atoms with E-state index >= 15 is 0 Å². The summed E-state index contributed by atoms with van der Waals surface area (Å²) >= 11 is 1.71. The van der Waals surface area contributed by atoms with Crippen LogP contribution < -0.4 is 10.6 Å². The van der Waals surface area contributed by atoms with Gasteiger partial charge >= 0.3 is 6.03 Å². The molecule has 5 nitrogen and oxygen atoms in total. The van der Waals surface area contributed by atoms with E-state index in [1.54, 1.807) is 22.6 Å². The number of aryl methyl sites for hydroxylation is 3. The summed E-state index contributed by atoms with van der Waals surface area (Å²) < 4.78 is 1.74. The highest BCUT2D eigenvalue weighted by atomic mass is 32.2. The summed E-state index contributed by atoms with van der Waals surface area (Å²) in [7, 11) is 1.85. The van der Waals surface area contributed by atoms with Crippen molar-refractivity contribution in [3.63, 3.8) is 0 Å². The van der Waals surface area contributed by atoms with E-state index in [0.717, 1.165) is 16.3 Å². The smallest absolute Gasteiger partial charge is 0.319 e. The van der Waals surface area contributed by atoms with Gasteiger partial charge in [0.05, 0.1) is 12.2 Å². The van der Waals surface area contributed by atoms with Crippen molar-refractivity contribution in [3.8, 4) is 0 Å². The van der Waals surface area contributed by atoms with Crippen molar-refractivity contribution < 1.29 is 4.79 Å². The first kappa shape index (κ1) is 18.1. The van der Waals surface area contributed by atoms with E-state index in [1.807, 2.05) is 37.4 Å². The second-order valence-corrected chi connectivity index (χ2v) is 7.27. The van der Waals surface area contributed by atoms with Gasteiger partial charge in [-0.1, -0.05) is 17.8 Å². The van der Waals surface area contributed by atoms with Gasteiger partial charge in [0.25, 0.3) is 0 Å². The fourth-order valence-corrected chi connectivity index (χ4v) is 3.36. The van der Waals surface area contributed by atoms with Gasteiger partial charge in [-0.25, -0.2) is 4.79 Å². The molecule has 0 aliphatic heterocycles. The van der Waals surface area contributed by atoms with E-state index in [0.29, 0.717) is 6.54 Å². The van der Waals surface area contributed by atoms with Crippen molar-refractivity contribution in [2.75, 3.05) is 5.32 Å². The Morgan fingerprint density at radius 1 is 1.04 bits per heavy atom. The number of rotatable bonds is 5. The summed E-state index contributed by atoms with van der Waals surface area (Å²) in [6, 6.07) is 15.9. The number of nitrogens with zero attached hydrogens (tertiary/aromatic N) is 2. The molecule has 0 bridgehead atoms. The lowest BCUT2D eigenvalue weighted by atomic mass is 10.1. The number of amides is 2. The average molecular weight is 366 g/mol. The van der Waals surface area contributed by atoms with Crippen LogP contribution in [0.25, 0.3) is 0 Å². The molecule has 1 heterocycles. The van der Waals surface area contributed by atoms with Crippen molar-refractivity contribution >= 4 is 23.5 Å². The minimum atomic E-state index is -0.235. The molecule has 1 aromatic heterocycles. The number of anilines is 1. The monoisotopic (exact) mass is 366 g/mol. The summed E-state index contributed by atoms with van der Waals surface area (Å²) in [6.45, 7) is 4.67. The zero-order chi connectivity index (χ0) is 18.5. The largest absolute Gasteiger partial charge is 0.332 e. The molecule has 0 unspecified atom stereocenters. The number of carbonyl (C=O) groups excluding carboxylic acids is 1. The van der Waals surface area contributed by atoms with Crippen molar-refractivity contribution in [3.05, 3.63) is 71.5 Å². The molecule has 0 saturated heterocycles. The second-order valence-electron chi connectivity index (χ2n) is 6.13. The Bertz CT molecular complexity index is 902. The SMILES string of the molecule is Cc1ccc(Sc2ccc(NC(=O)NCc3ccnn3C)cc2)cc1C. The number of nitrogens with one attached hydrogen (secondary N) is 2. The fraction of sp³-hybridized carbons (Fsp3) is 0.200. The lowest BCUT2D eigenvalue weighted by molar-refractivity contribution is 0.251. The van der Waals surface area contributed by atoms with Crippen LogP contribution in [0.5, 0.6) is 0 Å². The molecule has 0 aliphatic carbocycles. The highest BCUT2D eigenvalue weighted by Gasteiger charge is 2.05. The quantitative estimate of drug-likeness (QED) is 0.698. The molecular formula is C20H22N4OS. The second kappa shape index (κ2) is 8.10. The van der Waals surface area contributed by atoms with Gasteiger partial charge in [0.2, 0.25) is 0 Å². The summed E-state index contributed by atoms with van der Waals surface area (Å²) in [6.07, 6.45) is 1.71. The third kappa shape index (κ3) is 4.67. The molecule has 3 aromatic rings. The van der Waals surface area contributed by atoms with Crippen LogP contribution in [0.2, 0.25) is 0 Å². The van der Waals surface area contributed by atoms with Crippen LogP contribution in [0.15, 0.2) is 64.5 Å². The molecule has 0 spiro atoms. The normalized spacial score (nSPS) is 10.6. The van der Waals surface area contributed by atoms with Gasteiger partial charge < -0.3 is 10.6 Å². The van der Waals surface area contributed by atoms with E-state index in [4.69, 9.17) is 0 Å². The molecule has 0 saturated carbocycles. The van der Waals surface area contributed by atoms with Gasteiger partial charge in [0.15, 0.2) is 0 Å². The van der Waals surface area contributed by atoms with E-state index < -0.39 is 0 Å². The van der Waals surface area contributed by atoms with Crippen molar-refractivity contribution in [2.24, 2.45) is 7.05 Å². The third-order valence-corrected chi connectivity index (χ3v) is 5.18. The van der Waals surface area contributed by atoms with Crippen LogP contribution in [0, 0.1) is 13.8 Å². The summed E-state index contributed by atoms with van der Waals surface area (Å²) in [4.78, 5) is 14.4. The highest BCUT2D eigenvalue weighted by molar-refractivity contribution is 7.99. The topological polar surface area (TPSA) is 59.0 Å². The Morgan fingerprint density at radius 2 is 1.77 bits per heavy atom. The fourth-order valence-electron chi connectivity index (χ4n) is 2.44. The lowest BCUT2D eigenvalue weighted by Gasteiger charge is -2.09. The molecule has 0 atom stereocenters. The van der Waals surface area contributed by atoms with E-state index in [9.17, 15) is 4.79 Å². The van der Waals surface area contributed by atoms with Crippen LogP contribution in [0.1, 0.15) is 16.8 Å². The maximum atomic E-state index is 12.0. The maximum Gasteiger partial charge on any atom is 0.319 e. The number of benzene rings is 2. The van der Waals surface area contributed by atoms with Crippen LogP contribution in [0.3, 0.4) is 0 Å². The van der Waals surface area contributed by atoms with Gasteiger partial charge in [-0.15, -0.1) is 0 Å². The Kier molecular flexibility index (Phi) is 5.63. The molecule has 3 rings (SSSR count). The third-order valence-electron chi connectivity index (χ3n) is 4.18. The first-order valence-corrected chi connectivity index (χ1v) is 9.20. The number of aromatic nitrogens is 2. The molecule has 2 N–H and O–H groups in total. The molecular weight excluding hydrogens is 344 g/mol. The van der Waals surface area contributed by atoms with Crippen LogP contribution >= 0.6 is 11.8 Å². The Morgan fingerprint density at radius 3 is 2.42 bits per heavy atom. The maximum absolute atomic E-state index is 12.0. The minimum Gasteiger partial charge on any atom is -0.332 e. The summed E-state index contributed by atoms with van der Waals surface area (Å²) in [5.74, 6) is 0. The van der Waals surface area contributed by atoms with Gasteiger partial charge in [0.1, 0.15) is 0 Å². The van der Waals surface area contributed by atoms with Crippen molar-refractivity contribution in [1.82, 2.24) is 15.1 Å².